The molecule has 4 aliphatic carbocycles. The zero-order valence-corrected chi connectivity index (χ0v) is 30.9. The van der Waals surface area contributed by atoms with Crippen LogP contribution in [0.1, 0.15) is 118 Å². The van der Waals surface area contributed by atoms with Gasteiger partial charge in [-0.3, -0.25) is 0 Å². The lowest BCUT2D eigenvalue weighted by Gasteiger charge is -2.58. The Bertz CT molecular complexity index is 1210. The highest BCUT2D eigenvalue weighted by Crippen LogP contribution is 2.68. The predicted molar refractivity (Wildman–Crippen MR) is 189 cm³/mol. The van der Waals surface area contributed by atoms with Crippen LogP contribution in [0, 0.1) is 58.2 Å². The number of rotatable bonds is 11. The first-order valence-electron chi connectivity index (χ1n) is 19.3. The number of ether oxygens (including phenoxy) is 4. The van der Waals surface area contributed by atoms with Crippen LogP contribution in [0.15, 0.2) is 35.9 Å². The van der Waals surface area contributed by atoms with Gasteiger partial charge < -0.3 is 24.1 Å². The van der Waals surface area contributed by atoms with E-state index >= 15 is 0 Å². The van der Waals surface area contributed by atoms with Gasteiger partial charge in [-0.1, -0.05) is 91.5 Å². The Hall–Kier alpha value is -1.40. The highest BCUT2D eigenvalue weighted by Gasteiger charge is 2.62. The predicted octanol–water partition coefficient (Wildman–Crippen LogP) is 9.61. The molecule has 0 amide bonds. The summed E-state index contributed by atoms with van der Waals surface area (Å²) in [4.78, 5) is 0. The van der Waals surface area contributed by atoms with Crippen LogP contribution in [0.5, 0.6) is 5.75 Å². The molecular formula is C42H66O5. The summed E-state index contributed by atoms with van der Waals surface area (Å²) >= 11 is 0. The molecule has 13 atom stereocenters. The van der Waals surface area contributed by atoms with Crippen molar-refractivity contribution in [1.82, 2.24) is 0 Å². The fraction of sp³-hybridized carbons (Fsp3) is 0.810. The van der Waals surface area contributed by atoms with Crippen LogP contribution in [0.4, 0.5) is 0 Å². The van der Waals surface area contributed by atoms with Crippen LogP contribution < -0.4 is 4.74 Å². The van der Waals surface area contributed by atoms with Crippen LogP contribution in [-0.4, -0.2) is 43.4 Å². The Balaban J connectivity index is 1.17. The quantitative estimate of drug-likeness (QED) is 0.242. The van der Waals surface area contributed by atoms with Gasteiger partial charge in [-0.25, -0.2) is 0 Å². The van der Waals surface area contributed by atoms with E-state index in [-0.39, 0.29) is 23.5 Å². The van der Waals surface area contributed by atoms with Gasteiger partial charge >= 0.3 is 0 Å². The lowest BCUT2D eigenvalue weighted by molar-refractivity contribution is -0.275. The Morgan fingerprint density at radius 1 is 0.979 bits per heavy atom. The van der Waals surface area contributed by atoms with Gasteiger partial charge in [-0.05, 0) is 115 Å². The van der Waals surface area contributed by atoms with Crippen molar-refractivity contribution in [2.75, 3.05) is 13.7 Å². The van der Waals surface area contributed by atoms with Crippen LogP contribution in [0.3, 0.4) is 0 Å². The van der Waals surface area contributed by atoms with E-state index in [1.54, 1.807) is 12.7 Å². The lowest BCUT2D eigenvalue weighted by atomic mass is 9.46. The van der Waals surface area contributed by atoms with E-state index < -0.39 is 12.4 Å². The summed E-state index contributed by atoms with van der Waals surface area (Å²) < 4.78 is 25.1. The molecule has 47 heavy (non-hydrogen) atoms. The zero-order chi connectivity index (χ0) is 33.5. The number of aliphatic hydroxyl groups is 1. The highest BCUT2D eigenvalue weighted by atomic mass is 16.7. The second-order valence-corrected chi connectivity index (χ2v) is 17.6. The Morgan fingerprint density at radius 3 is 2.47 bits per heavy atom. The molecule has 4 unspecified atom stereocenters. The molecule has 1 N–H and O–H groups in total. The first-order valence-corrected chi connectivity index (χ1v) is 19.3. The molecule has 4 fully saturated rings. The maximum atomic E-state index is 11.4. The Kier molecular flexibility index (Phi) is 10.9. The van der Waals surface area contributed by atoms with Crippen LogP contribution in [-0.2, 0) is 20.8 Å². The van der Waals surface area contributed by atoms with E-state index in [1.807, 2.05) is 24.3 Å². The topological polar surface area (TPSA) is 57.2 Å². The van der Waals surface area contributed by atoms with Crippen molar-refractivity contribution in [1.29, 1.82) is 0 Å². The summed E-state index contributed by atoms with van der Waals surface area (Å²) in [5.74, 6) is 5.61. The van der Waals surface area contributed by atoms with Crippen LogP contribution in [0.25, 0.3) is 0 Å². The standard InChI is InChI=1S/C42H66O5/c1-26(2)10-9-11-28(4)38-36(47-40-29(5)39(43)37(25-46-40)45-24-30-12-15-32(44-8)16-13-30)23-35-33-17-14-31-22-27(3)18-20-41(31,6)34(33)19-21-42(35,38)7/h12-16,26-29,33-40,43H,9-11,17-25H2,1-8H3/t27-,28+,29?,33+,34-,35-,36-,37?,38-,39?,40?,41-,42-/m0/s1. The normalized spacial score (nSPS) is 42.3. The number of allylic oxidation sites excluding steroid dienone is 2. The van der Waals surface area contributed by atoms with Crippen molar-refractivity contribution in [3.05, 3.63) is 41.5 Å². The van der Waals surface area contributed by atoms with Crippen molar-refractivity contribution >= 4 is 0 Å². The molecule has 0 radical (unpaired) electrons. The SMILES string of the molecule is COc1ccc(COC2COC(O[C@H]3C[C@H]4[C@@H]5CC=C6C[C@@H](C)CC[C@]6(C)[C@H]5CC[C@]4(C)[C@H]3[C@H](C)CCCC(C)C)C(C)C2O)cc1. The smallest absolute Gasteiger partial charge is 0.163 e. The average molecular weight is 651 g/mol. The van der Waals surface area contributed by atoms with Crippen molar-refractivity contribution in [3.63, 3.8) is 0 Å². The monoisotopic (exact) mass is 650 g/mol. The molecule has 5 heteroatoms. The minimum atomic E-state index is -0.631. The summed E-state index contributed by atoms with van der Waals surface area (Å²) in [5, 5.41) is 11.4. The van der Waals surface area contributed by atoms with E-state index in [9.17, 15) is 5.11 Å². The molecular weight excluding hydrogens is 584 g/mol. The third kappa shape index (κ3) is 6.99. The highest BCUT2D eigenvalue weighted by molar-refractivity contribution is 5.27. The van der Waals surface area contributed by atoms with E-state index in [2.05, 4.69) is 54.5 Å². The molecule has 5 nitrogen and oxygen atoms in total. The fourth-order valence-electron chi connectivity index (χ4n) is 11.4. The lowest BCUT2D eigenvalue weighted by Crippen LogP contribution is -2.52. The second kappa shape index (κ2) is 14.4. The van der Waals surface area contributed by atoms with Crippen LogP contribution in [0.2, 0.25) is 0 Å². The number of benzene rings is 1. The van der Waals surface area contributed by atoms with Crippen molar-refractivity contribution in [3.8, 4) is 5.75 Å². The van der Waals surface area contributed by atoms with Gasteiger partial charge in [-0.2, -0.15) is 0 Å². The van der Waals surface area contributed by atoms with Crippen LogP contribution >= 0.6 is 0 Å². The van der Waals surface area contributed by atoms with Crippen molar-refractivity contribution < 1.29 is 24.1 Å². The number of aliphatic hydroxyl groups excluding tert-OH is 1. The molecule has 3 saturated carbocycles. The minimum Gasteiger partial charge on any atom is -0.497 e. The Labute approximate surface area is 286 Å². The fourth-order valence-corrected chi connectivity index (χ4v) is 11.4. The van der Waals surface area contributed by atoms with Gasteiger partial charge in [0.05, 0.1) is 32.5 Å². The number of methoxy groups -OCH3 is 1. The molecule has 1 saturated heterocycles. The van der Waals surface area contributed by atoms with Gasteiger partial charge in [0.15, 0.2) is 6.29 Å². The summed E-state index contributed by atoms with van der Waals surface area (Å²) in [7, 11) is 1.67. The molecule has 1 aromatic rings. The van der Waals surface area contributed by atoms with Crippen molar-refractivity contribution in [2.24, 2.45) is 58.2 Å². The molecule has 0 spiro atoms. The number of fused-ring (bicyclic) bond motifs is 5. The first-order chi connectivity index (χ1) is 22.4. The molecule has 264 valence electrons. The average Bonchev–Trinajstić information content (AvgIpc) is 3.35. The van der Waals surface area contributed by atoms with Crippen molar-refractivity contribution in [2.45, 2.75) is 144 Å². The molecule has 1 heterocycles. The molecule has 5 aliphatic rings. The summed E-state index contributed by atoms with van der Waals surface area (Å²) in [6, 6.07) is 7.91. The van der Waals surface area contributed by atoms with E-state index in [1.165, 1.54) is 57.8 Å². The van der Waals surface area contributed by atoms with Gasteiger partial charge in [0.1, 0.15) is 11.9 Å². The summed E-state index contributed by atoms with van der Waals surface area (Å²) in [6.07, 6.45) is 14.4. The van der Waals surface area contributed by atoms with Gasteiger partial charge in [0.25, 0.3) is 0 Å². The number of hydrogen-bond donors (Lipinski definition) is 1. The maximum Gasteiger partial charge on any atom is 0.163 e. The number of hydrogen-bond acceptors (Lipinski definition) is 5. The van der Waals surface area contributed by atoms with E-state index in [0.717, 1.165) is 41.4 Å². The minimum absolute atomic E-state index is 0.159. The van der Waals surface area contributed by atoms with Gasteiger partial charge in [0, 0.05) is 5.92 Å². The molecule has 1 aromatic carbocycles. The summed E-state index contributed by atoms with van der Waals surface area (Å²) in [5.41, 5.74) is 3.51. The molecule has 1 aliphatic heterocycles. The van der Waals surface area contributed by atoms with E-state index in [0.29, 0.717) is 36.4 Å². The molecule has 0 aromatic heterocycles. The Morgan fingerprint density at radius 2 is 1.74 bits per heavy atom. The zero-order valence-electron chi connectivity index (χ0n) is 30.9. The molecule has 6 rings (SSSR count). The third-order valence-electron chi connectivity index (χ3n) is 14.2. The maximum absolute atomic E-state index is 11.4. The third-order valence-corrected chi connectivity index (χ3v) is 14.2. The second-order valence-electron chi connectivity index (χ2n) is 17.6. The van der Waals surface area contributed by atoms with Gasteiger partial charge in [-0.15, -0.1) is 0 Å². The summed E-state index contributed by atoms with van der Waals surface area (Å²) in [6.45, 7) is 17.8. The van der Waals surface area contributed by atoms with E-state index in [4.69, 9.17) is 18.9 Å². The molecule has 0 bridgehead atoms. The first kappa shape index (κ1) is 35.4. The largest absolute Gasteiger partial charge is 0.497 e. The van der Waals surface area contributed by atoms with Gasteiger partial charge in [0.2, 0.25) is 0 Å².